The van der Waals surface area contributed by atoms with Crippen LogP contribution in [0, 0.1) is 6.92 Å². The highest BCUT2D eigenvalue weighted by molar-refractivity contribution is 6.31. The number of hydrogen-bond donors (Lipinski definition) is 0. The largest absolute Gasteiger partial charge is 0.497 e. The van der Waals surface area contributed by atoms with Crippen LogP contribution >= 0.6 is 23.2 Å². The van der Waals surface area contributed by atoms with E-state index in [1.807, 2.05) is 32.2 Å². The summed E-state index contributed by atoms with van der Waals surface area (Å²) in [6.45, 7) is 2.20. The van der Waals surface area contributed by atoms with Gasteiger partial charge in [-0.1, -0.05) is 11.6 Å². The number of ether oxygens (including phenoxy) is 2. The Morgan fingerprint density at radius 2 is 2.10 bits per heavy atom. The van der Waals surface area contributed by atoms with Crippen molar-refractivity contribution in [2.24, 2.45) is 7.05 Å². The third kappa shape index (κ3) is 3.02. The maximum absolute atomic E-state index is 6.19. The summed E-state index contributed by atoms with van der Waals surface area (Å²) < 4.78 is 12.7. The second kappa shape index (κ2) is 6.37. The molecule has 0 saturated heterocycles. The first-order chi connectivity index (χ1) is 9.56. The minimum Gasteiger partial charge on any atom is -0.497 e. The fourth-order valence-corrected chi connectivity index (χ4v) is 2.33. The Morgan fingerprint density at radius 3 is 2.65 bits per heavy atom. The molecule has 108 valence electrons. The molecule has 0 fully saturated rings. The number of rotatable bonds is 5. The number of benzene rings is 1. The van der Waals surface area contributed by atoms with Gasteiger partial charge in [0.25, 0.3) is 0 Å². The van der Waals surface area contributed by atoms with Gasteiger partial charge < -0.3 is 9.47 Å². The molecule has 0 spiro atoms. The first-order valence-corrected chi connectivity index (χ1v) is 7.01. The lowest BCUT2D eigenvalue weighted by atomic mass is 10.2. The molecule has 0 radical (unpaired) electrons. The summed E-state index contributed by atoms with van der Waals surface area (Å²) in [5, 5.41) is 4.88. The van der Waals surface area contributed by atoms with Crippen LogP contribution in [0.1, 0.15) is 17.0 Å². The van der Waals surface area contributed by atoms with Crippen LogP contribution in [0.4, 0.5) is 0 Å². The quantitative estimate of drug-likeness (QED) is 0.789. The second-order valence-corrected chi connectivity index (χ2v) is 5.01. The van der Waals surface area contributed by atoms with Gasteiger partial charge in [0, 0.05) is 12.6 Å². The third-order valence-corrected chi connectivity index (χ3v) is 3.82. The first-order valence-electron chi connectivity index (χ1n) is 6.10. The molecule has 0 saturated carbocycles. The van der Waals surface area contributed by atoms with Crippen molar-refractivity contribution in [3.8, 4) is 11.5 Å². The average Bonchev–Trinajstić information content (AvgIpc) is 2.70. The highest BCUT2D eigenvalue weighted by Gasteiger charge is 2.13. The van der Waals surface area contributed by atoms with Gasteiger partial charge in [-0.3, -0.25) is 4.68 Å². The maximum Gasteiger partial charge on any atom is 0.131 e. The standard InChI is InChI=1S/C14H16Cl2N2O2/c1-9-14(16)12(18(2)17-9)8-20-13-5-4-11(19-3)6-10(13)7-15/h4-6H,7-8H2,1-3H3. The number of alkyl halides is 1. The molecule has 1 heterocycles. The fraction of sp³-hybridized carbons (Fsp3) is 0.357. The molecule has 0 aliphatic carbocycles. The Kier molecular flexibility index (Phi) is 4.78. The van der Waals surface area contributed by atoms with Crippen LogP contribution in [-0.2, 0) is 19.5 Å². The highest BCUT2D eigenvalue weighted by Crippen LogP contribution is 2.27. The topological polar surface area (TPSA) is 36.3 Å². The predicted molar refractivity (Wildman–Crippen MR) is 79.8 cm³/mol. The monoisotopic (exact) mass is 314 g/mol. The lowest BCUT2D eigenvalue weighted by Crippen LogP contribution is -2.04. The van der Waals surface area contributed by atoms with Gasteiger partial charge in [-0.15, -0.1) is 11.6 Å². The number of aryl methyl sites for hydroxylation is 2. The summed E-state index contributed by atoms with van der Waals surface area (Å²) in [4.78, 5) is 0. The maximum atomic E-state index is 6.19. The van der Waals surface area contributed by atoms with Gasteiger partial charge in [-0.2, -0.15) is 5.10 Å². The van der Waals surface area contributed by atoms with Crippen molar-refractivity contribution in [1.29, 1.82) is 0 Å². The van der Waals surface area contributed by atoms with Crippen molar-refractivity contribution >= 4 is 23.2 Å². The molecular weight excluding hydrogens is 299 g/mol. The van der Waals surface area contributed by atoms with Crippen LogP contribution < -0.4 is 9.47 Å². The summed E-state index contributed by atoms with van der Waals surface area (Å²) in [6, 6.07) is 5.54. The summed E-state index contributed by atoms with van der Waals surface area (Å²) in [5.74, 6) is 1.82. The minimum absolute atomic E-state index is 0.340. The Balaban J connectivity index is 2.18. The van der Waals surface area contributed by atoms with Crippen LogP contribution in [-0.4, -0.2) is 16.9 Å². The van der Waals surface area contributed by atoms with Gasteiger partial charge in [0.2, 0.25) is 0 Å². The molecule has 2 rings (SSSR count). The number of halogens is 2. The number of nitrogens with zero attached hydrogens (tertiary/aromatic N) is 2. The van der Waals surface area contributed by atoms with E-state index in [1.165, 1.54) is 0 Å². The van der Waals surface area contributed by atoms with Gasteiger partial charge in [-0.05, 0) is 25.1 Å². The zero-order valence-corrected chi connectivity index (χ0v) is 13.1. The normalized spacial score (nSPS) is 10.7. The molecule has 0 unspecified atom stereocenters. The van der Waals surface area contributed by atoms with Crippen LogP contribution in [0.5, 0.6) is 11.5 Å². The Bertz CT molecular complexity index is 611. The highest BCUT2D eigenvalue weighted by atomic mass is 35.5. The summed E-state index contributed by atoms with van der Waals surface area (Å²) >= 11 is 12.1. The molecule has 0 aliphatic heterocycles. The van der Waals surface area contributed by atoms with Crippen molar-refractivity contribution in [2.75, 3.05) is 7.11 Å². The summed E-state index contributed by atoms with van der Waals surface area (Å²) in [5.41, 5.74) is 2.50. The molecule has 0 atom stereocenters. The molecule has 0 bridgehead atoms. The lowest BCUT2D eigenvalue weighted by molar-refractivity contribution is 0.292. The summed E-state index contributed by atoms with van der Waals surface area (Å²) in [6.07, 6.45) is 0. The van der Waals surface area contributed by atoms with Crippen LogP contribution in [0.3, 0.4) is 0 Å². The molecule has 1 aromatic carbocycles. The van der Waals surface area contributed by atoms with E-state index in [2.05, 4.69) is 5.10 Å². The van der Waals surface area contributed by atoms with E-state index in [-0.39, 0.29) is 0 Å². The molecular formula is C14H16Cl2N2O2. The molecule has 0 amide bonds. The molecule has 4 nitrogen and oxygen atoms in total. The minimum atomic E-state index is 0.340. The second-order valence-electron chi connectivity index (χ2n) is 4.37. The smallest absolute Gasteiger partial charge is 0.131 e. The third-order valence-electron chi connectivity index (χ3n) is 3.04. The van der Waals surface area contributed by atoms with E-state index >= 15 is 0 Å². The SMILES string of the molecule is COc1ccc(OCc2c(Cl)c(C)nn2C)c(CCl)c1. The Morgan fingerprint density at radius 1 is 1.35 bits per heavy atom. The van der Waals surface area contributed by atoms with Crippen molar-refractivity contribution in [3.05, 3.63) is 40.2 Å². The molecule has 20 heavy (non-hydrogen) atoms. The van der Waals surface area contributed by atoms with E-state index in [0.29, 0.717) is 17.5 Å². The van der Waals surface area contributed by atoms with Crippen LogP contribution in [0.15, 0.2) is 18.2 Å². The van der Waals surface area contributed by atoms with Gasteiger partial charge in [0.05, 0.1) is 29.4 Å². The van der Waals surface area contributed by atoms with Crippen molar-refractivity contribution in [2.45, 2.75) is 19.4 Å². The Hall–Kier alpha value is -1.39. The molecule has 1 aromatic heterocycles. The zero-order valence-electron chi connectivity index (χ0n) is 11.6. The van der Waals surface area contributed by atoms with Gasteiger partial charge in [0.1, 0.15) is 18.1 Å². The first kappa shape index (κ1) is 15.0. The lowest BCUT2D eigenvalue weighted by Gasteiger charge is -2.11. The fourth-order valence-electron chi connectivity index (χ4n) is 1.91. The van der Waals surface area contributed by atoms with Gasteiger partial charge in [-0.25, -0.2) is 0 Å². The summed E-state index contributed by atoms with van der Waals surface area (Å²) in [7, 11) is 3.46. The predicted octanol–water partition coefficient (Wildman–Crippen LogP) is 3.71. The van der Waals surface area contributed by atoms with E-state index in [4.69, 9.17) is 32.7 Å². The van der Waals surface area contributed by atoms with E-state index in [0.717, 1.165) is 28.5 Å². The number of aromatic nitrogens is 2. The van der Waals surface area contributed by atoms with Crippen LogP contribution in [0.2, 0.25) is 5.02 Å². The number of methoxy groups -OCH3 is 1. The average molecular weight is 315 g/mol. The molecule has 0 aliphatic rings. The molecule has 6 heteroatoms. The van der Waals surface area contributed by atoms with Gasteiger partial charge in [0.15, 0.2) is 0 Å². The van der Waals surface area contributed by atoms with Crippen molar-refractivity contribution in [1.82, 2.24) is 9.78 Å². The van der Waals surface area contributed by atoms with Crippen molar-refractivity contribution < 1.29 is 9.47 Å². The van der Waals surface area contributed by atoms with Crippen LogP contribution in [0.25, 0.3) is 0 Å². The molecule has 0 N–H and O–H groups in total. The molecule has 2 aromatic rings. The van der Waals surface area contributed by atoms with Crippen molar-refractivity contribution in [3.63, 3.8) is 0 Å². The van der Waals surface area contributed by atoms with Gasteiger partial charge >= 0.3 is 0 Å². The number of hydrogen-bond acceptors (Lipinski definition) is 3. The van der Waals surface area contributed by atoms with E-state index < -0.39 is 0 Å². The zero-order chi connectivity index (χ0) is 14.7. The van der Waals surface area contributed by atoms with E-state index in [9.17, 15) is 0 Å². The Labute approximate surface area is 128 Å². The van der Waals surface area contributed by atoms with E-state index in [1.54, 1.807) is 11.8 Å².